The van der Waals surface area contributed by atoms with Crippen LogP contribution in [0.1, 0.15) is 24.1 Å². The van der Waals surface area contributed by atoms with Gasteiger partial charge in [0.2, 0.25) is 0 Å². The fraction of sp³-hybridized carbons (Fsp3) is 0.312. The van der Waals surface area contributed by atoms with Crippen molar-refractivity contribution in [1.82, 2.24) is 9.88 Å². The third kappa shape index (κ3) is 4.00. The van der Waals surface area contributed by atoms with Gasteiger partial charge in [0.15, 0.2) is 0 Å². The first-order chi connectivity index (χ1) is 10.2. The molecule has 112 valence electrons. The van der Waals surface area contributed by atoms with Crippen LogP contribution in [0.2, 0.25) is 5.02 Å². The Bertz CT molecular complexity index is 577. The Labute approximate surface area is 129 Å². The number of benzene rings is 1. The average Bonchev–Trinajstić information content (AvgIpc) is 2.51. The monoisotopic (exact) mass is 307 g/mol. The second kappa shape index (κ2) is 7.50. The van der Waals surface area contributed by atoms with E-state index in [2.05, 4.69) is 9.88 Å². The van der Waals surface area contributed by atoms with Crippen LogP contribution in [-0.4, -0.2) is 23.0 Å². The van der Waals surface area contributed by atoms with Crippen molar-refractivity contribution in [3.05, 3.63) is 64.7 Å². The topological polar surface area (TPSA) is 42.2 Å². The summed E-state index contributed by atoms with van der Waals surface area (Å²) >= 11 is 5.99. The largest absolute Gasteiger partial charge is 0.329 e. The summed E-state index contributed by atoms with van der Waals surface area (Å²) in [5.41, 5.74) is 7.55. The Hall–Kier alpha value is -1.49. The molecule has 0 spiro atoms. The highest BCUT2D eigenvalue weighted by molar-refractivity contribution is 6.30. The highest BCUT2D eigenvalue weighted by Crippen LogP contribution is 2.26. The number of nitrogens with two attached hydrogens (primary N) is 1. The molecule has 0 radical (unpaired) electrons. The summed E-state index contributed by atoms with van der Waals surface area (Å²) in [5, 5.41) is 0.518. The lowest BCUT2D eigenvalue weighted by Gasteiger charge is -2.30. The minimum atomic E-state index is -0.275. The van der Waals surface area contributed by atoms with Gasteiger partial charge in [-0.3, -0.25) is 9.88 Å². The van der Waals surface area contributed by atoms with Gasteiger partial charge in [0.05, 0.1) is 6.04 Å². The predicted molar refractivity (Wildman–Crippen MR) is 83.5 cm³/mol. The van der Waals surface area contributed by atoms with E-state index in [1.54, 1.807) is 24.5 Å². The quantitative estimate of drug-likeness (QED) is 0.889. The molecule has 5 heteroatoms. The number of aromatic nitrogens is 1. The molecule has 1 aromatic carbocycles. The van der Waals surface area contributed by atoms with Crippen molar-refractivity contribution in [2.24, 2.45) is 5.73 Å². The van der Waals surface area contributed by atoms with Crippen LogP contribution in [0.5, 0.6) is 0 Å². The average molecular weight is 308 g/mol. The zero-order chi connectivity index (χ0) is 15.2. The van der Waals surface area contributed by atoms with E-state index in [1.165, 1.54) is 6.07 Å². The summed E-state index contributed by atoms with van der Waals surface area (Å²) in [4.78, 5) is 6.14. The summed E-state index contributed by atoms with van der Waals surface area (Å²) in [5.74, 6) is -0.275. The lowest BCUT2D eigenvalue weighted by Crippen LogP contribution is -2.33. The number of hydrogen-bond acceptors (Lipinski definition) is 3. The normalized spacial score (nSPS) is 12.6. The van der Waals surface area contributed by atoms with E-state index in [1.807, 2.05) is 19.1 Å². The Morgan fingerprint density at radius 3 is 2.62 bits per heavy atom. The van der Waals surface area contributed by atoms with E-state index in [0.717, 1.165) is 12.1 Å². The first-order valence-electron chi connectivity index (χ1n) is 6.93. The summed E-state index contributed by atoms with van der Waals surface area (Å²) in [6, 6.07) is 8.29. The van der Waals surface area contributed by atoms with E-state index in [4.69, 9.17) is 17.3 Å². The first kappa shape index (κ1) is 15.9. The smallest absolute Gasteiger partial charge is 0.128 e. The van der Waals surface area contributed by atoms with Gasteiger partial charge in [0.25, 0.3) is 0 Å². The zero-order valence-electron chi connectivity index (χ0n) is 12.0. The Morgan fingerprint density at radius 1 is 1.29 bits per heavy atom. The van der Waals surface area contributed by atoms with Crippen molar-refractivity contribution in [1.29, 1.82) is 0 Å². The standard InChI is InChI=1S/C16H19ClFN3/c1-2-21(11-12-5-7-20-8-6-12)16(10-19)14-9-13(17)3-4-15(14)18/h3-9,16H,2,10-11,19H2,1H3. The van der Waals surface area contributed by atoms with Gasteiger partial charge in [-0.2, -0.15) is 0 Å². The molecule has 0 amide bonds. The third-order valence-electron chi connectivity index (χ3n) is 3.52. The lowest BCUT2D eigenvalue weighted by molar-refractivity contribution is 0.199. The van der Waals surface area contributed by atoms with Crippen LogP contribution in [0.15, 0.2) is 42.7 Å². The van der Waals surface area contributed by atoms with Gasteiger partial charge < -0.3 is 5.73 Å². The van der Waals surface area contributed by atoms with Crippen molar-refractivity contribution in [3.8, 4) is 0 Å². The van der Waals surface area contributed by atoms with Gasteiger partial charge >= 0.3 is 0 Å². The molecule has 2 N–H and O–H groups in total. The molecular weight excluding hydrogens is 289 g/mol. The molecule has 0 aliphatic heterocycles. The van der Waals surface area contributed by atoms with Crippen LogP contribution in [0.4, 0.5) is 4.39 Å². The van der Waals surface area contributed by atoms with Gasteiger partial charge in [0.1, 0.15) is 5.82 Å². The van der Waals surface area contributed by atoms with Gasteiger partial charge in [-0.05, 0) is 42.4 Å². The summed E-state index contributed by atoms with van der Waals surface area (Å²) in [7, 11) is 0. The SMILES string of the molecule is CCN(Cc1ccncc1)C(CN)c1cc(Cl)ccc1F. The minimum Gasteiger partial charge on any atom is -0.329 e. The molecule has 0 saturated carbocycles. The Morgan fingerprint density at radius 2 is 2.00 bits per heavy atom. The van der Waals surface area contributed by atoms with Gasteiger partial charge in [-0.1, -0.05) is 18.5 Å². The molecule has 21 heavy (non-hydrogen) atoms. The minimum absolute atomic E-state index is 0.207. The number of pyridine rings is 1. The van der Waals surface area contributed by atoms with Crippen LogP contribution in [0.3, 0.4) is 0 Å². The second-order valence-electron chi connectivity index (χ2n) is 4.84. The van der Waals surface area contributed by atoms with E-state index in [0.29, 0.717) is 23.7 Å². The fourth-order valence-electron chi connectivity index (χ4n) is 2.41. The van der Waals surface area contributed by atoms with E-state index >= 15 is 0 Å². The molecule has 2 rings (SSSR count). The van der Waals surface area contributed by atoms with E-state index in [9.17, 15) is 4.39 Å². The second-order valence-corrected chi connectivity index (χ2v) is 5.27. The molecule has 0 bridgehead atoms. The lowest BCUT2D eigenvalue weighted by atomic mass is 10.0. The number of likely N-dealkylation sites (N-methyl/N-ethyl adjacent to an activating group) is 1. The van der Waals surface area contributed by atoms with Crippen LogP contribution in [0, 0.1) is 5.82 Å². The maximum absolute atomic E-state index is 14.1. The molecule has 1 heterocycles. The molecule has 0 aliphatic rings. The Balaban J connectivity index is 2.27. The number of nitrogens with zero attached hydrogens (tertiary/aromatic N) is 2. The fourth-order valence-corrected chi connectivity index (χ4v) is 2.59. The van der Waals surface area contributed by atoms with Crippen LogP contribution < -0.4 is 5.73 Å². The molecule has 1 atom stereocenters. The molecule has 0 aliphatic carbocycles. The summed E-state index contributed by atoms with van der Waals surface area (Å²) in [6.07, 6.45) is 3.50. The van der Waals surface area contributed by atoms with Gasteiger partial charge in [0, 0.05) is 36.1 Å². The van der Waals surface area contributed by atoms with Crippen LogP contribution >= 0.6 is 11.6 Å². The summed E-state index contributed by atoms with van der Waals surface area (Å²) < 4.78 is 14.1. The molecule has 1 aromatic heterocycles. The number of halogens is 2. The predicted octanol–water partition coefficient (Wildman–Crippen LogP) is 3.40. The van der Waals surface area contributed by atoms with Crippen molar-refractivity contribution in [3.63, 3.8) is 0 Å². The zero-order valence-corrected chi connectivity index (χ0v) is 12.7. The van der Waals surface area contributed by atoms with Crippen molar-refractivity contribution in [2.45, 2.75) is 19.5 Å². The van der Waals surface area contributed by atoms with Crippen molar-refractivity contribution in [2.75, 3.05) is 13.1 Å². The molecule has 3 nitrogen and oxygen atoms in total. The number of rotatable bonds is 6. The van der Waals surface area contributed by atoms with E-state index < -0.39 is 0 Å². The molecule has 0 saturated heterocycles. The molecule has 1 unspecified atom stereocenters. The summed E-state index contributed by atoms with van der Waals surface area (Å²) in [6.45, 7) is 3.81. The highest BCUT2D eigenvalue weighted by Gasteiger charge is 2.21. The molecule has 2 aromatic rings. The Kier molecular flexibility index (Phi) is 5.67. The van der Waals surface area contributed by atoms with Crippen molar-refractivity contribution >= 4 is 11.6 Å². The highest BCUT2D eigenvalue weighted by atomic mass is 35.5. The van der Waals surface area contributed by atoms with E-state index in [-0.39, 0.29) is 11.9 Å². The van der Waals surface area contributed by atoms with Crippen LogP contribution in [0.25, 0.3) is 0 Å². The first-order valence-corrected chi connectivity index (χ1v) is 7.31. The van der Waals surface area contributed by atoms with Crippen molar-refractivity contribution < 1.29 is 4.39 Å². The molecule has 0 fully saturated rings. The molecular formula is C16H19ClFN3. The van der Waals surface area contributed by atoms with Crippen LogP contribution in [-0.2, 0) is 6.54 Å². The third-order valence-corrected chi connectivity index (χ3v) is 3.76. The maximum atomic E-state index is 14.1. The van der Waals surface area contributed by atoms with Gasteiger partial charge in [-0.15, -0.1) is 0 Å². The van der Waals surface area contributed by atoms with Gasteiger partial charge in [-0.25, -0.2) is 4.39 Å². The maximum Gasteiger partial charge on any atom is 0.128 e. The number of hydrogen-bond donors (Lipinski definition) is 1.